The SMILES string of the molecule is COc1cc2c(cc1O)-c1cc(=O)c(C(=O)O)cn1CC2. The monoisotopic (exact) mass is 287 g/mol. The molecule has 0 aliphatic carbocycles. The van der Waals surface area contributed by atoms with Crippen LogP contribution >= 0.6 is 0 Å². The molecule has 6 heteroatoms. The van der Waals surface area contributed by atoms with Crippen molar-refractivity contribution in [3.63, 3.8) is 0 Å². The first-order valence-corrected chi connectivity index (χ1v) is 6.39. The second-order valence-corrected chi connectivity index (χ2v) is 4.87. The summed E-state index contributed by atoms with van der Waals surface area (Å²) in [5.74, 6) is -0.871. The lowest BCUT2D eigenvalue weighted by atomic mass is 9.96. The number of phenolic OH excluding ortho intramolecular Hbond substituents is 1. The van der Waals surface area contributed by atoms with Crippen molar-refractivity contribution in [1.29, 1.82) is 0 Å². The number of pyridine rings is 1. The minimum absolute atomic E-state index is 0.0144. The first-order valence-electron chi connectivity index (χ1n) is 6.39. The van der Waals surface area contributed by atoms with Gasteiger partial charge in [-0.05, 0) is 24.1 Å². The zero-order valence-electron chi connectivity index (χ0n) is 11.3. The Bertz CT molecular complexity index is 806. The number of methoxy groups -OCH3 is 1. The van der Waals surface area contributed by atoms with E-state index >= 15 is 0 Å². The van der Waals surface area contributed by atoms with E-state index < -0.39 is 11.4 Å². The third-order valence-corrected chi connectivity index (χ3v) is 3.66. The van der Waals surface area contributed by atoms with Crippen molar-refractivity contribution in [3.8, 4) is 22.8 Å². The van der Waals surface area contributed by atoms with Gasteiger partial charge in [0.15, 0.2) is 16.9 Å². The largest absolute Gasteiger partial charge is 0.504 e. The van der Waals surface area contributed by atoms with E-state index in [1.807, 2.05) is 0 Å². The van der Waals surface area contributed by atoms with Gasteiger partial charge in [-0.2, -0.15) is 0 Å². The van der Waals surface area contributed by atoms with Crippen LogP contribution in [0, 0.1) is 0 Å². The zero-order chi connectivity index (χ0) is 15.1. The number of aromatic hydroxyl groups is 1. The van der Waals surface area contributed by atoms with E-state index in [4.69, 9.17) is 9.84 Å². The van der Waals surface area contributed by atoms with Gasteiger partial charge < -0.3 is 19.5 Å². The van der Waals surface area contributed by atoms with E-state index in [0.717, 1.165) is 5.56 Å². The second-order valence-electron chi connectivity index (χ2n) is 4.87. The molecule has 1 aromatic heterocycles. The number of aromatic nitrogens is 1. The maximum atomic E-state index is 11.9. The first kappa shape index (κ1) is 13.2. The Morgan fingerprint density at radius 2 is 2.10 bits per heavy atom. The minimum atomic E-state index is -1.24. The van der Waals surface area contributed by atoms with E-state index in [-0.39, 0.29) is 11.3 Å². The van der Waals surface area contributed by atoms with Gasteiger partial charge >= 0.3 is 5.97 Å². The van der Waals surface area contributed by atoms with E-state index in [0.29, 0.717) is 30.0 Å². The molecule has 2 N–H and O–H groups in total. The lowest BCUT2D eigenvalue weighted by Crippen LogP contribution is -2.21. The van der Waals surface area contributed by atoms with Crippen LogP contribution in [0.4, 0.5) is 0 Å². The maximum absolute atomic E-state index is 11.9. The number of carboxylic acid groups (broad SMARTS) is 1. The molecule has 0 spiro atoms. The third kappa shape index (κ3) is 2.05. The lowest BCUT2D eigenvalue weighted by molar-refractivity contribution is 0.0694. The Morgan fingerprint density at radius 3 is 2.76 bits per heavy atom. The Kier molecular flexibility index (Phi) is 2.94. The van der Waals surface area contributed by atoms with Gasteiger partial charge in [-0.25, -0.2) is 4.79 Å². The number of carboxylic acids is 1. The number of hydrogen-bond acceptors (Lipinski definition) is 4. The number of ether oxygens (including phenoxy) is 1. The van der Waals surface area contributed by atoms with Crippen molar-refractivity contribution in [1.82, 2.24) is 4.57 Å². The quantitative estimate of drug-likeness (QED) is 0.873. The fraction of sp³-hybridized carbons (Fsp3) is 0.200. The van der Waals surface area contributed by atoms with Crippen molar-refractivity contribution in [3.05, 3.63) is 45.7 Å². The Labute approximate surface area is 119 Å². The maximum Gasteiger partial charge on any atom is 0.341 e. The van der Waals surface area contributed by atoms with Crippen molar-refractivity contribution in [2.45, 2.75) is 13.0 Å². The van der Waals surface area contributed by atoms with Gasteiger partial charge in [0.2, 0.25) is 0 Å². The van der Waals surface area contributed by atoms with Gasteiger partial charge in [0.05, 0.1) is 12.8 Å². The molecule has 0 fully saturated rings. The molecule has 0 amide bonds. The molecule has 0 radical (unpaired) electrons. The van der Waals surface area contributed by atoms with Gasteiger partial charge in [0.1, 0.15) is 5.56 Å². The highest BCUT2D eigenvalue weighted by Gasteiger charge is 2.21. The van der Waals surface area contributed by atoms with E-state index in [9.17, 15) is 14.7 Å². The number of aromatic carboxylic acids is 1. The average Bonchev–Trinajstić information content (AvgIpc) is 2.45. The summed E-state index contributed by atoms with van der Waals surface area (Å²) in [6, 6.07) is 4.58. The summed E-state index contributed by atoms with van der Waals surface area (Å²) in [4.78, 5) is 22.9. The summed E-state index contributed by atoms with van der Waals surface area (Å²) in [5, 5.41) is 18.9. The Morgan fingerprint density at radius 1 is 1.33 bits per heavy atom. The Hall–Kier alpha value is -2.76. The summed E-state index contributed by atoms with van der Waals surface area (Å²) in [6.07, 6.45) is 2.02. The van der Waals surface area contributed by atoms with Crippen LogP contribution in [0.2, 0.25) is 0 Å². The van der Waals surface area contributed by atoms with Crippen LogP contribution in [0.1, 0.15) is 15.9 Å². The van der Waals surface area contributed by atoms with Crippen LogP contribution in [0.3, 0.4) is 0 Å². The van der Waals surface area contributed by atoms with Crippen molar-refractivity contribution < 1.29 is 19.7 Å². The van der Waals surface area contributed by atoms with Gasteiger partial charge in [-0.1, -0.05) is 0 Å². The molecule has 0 unspecified atom stereocenters. The number of aryl methyl sites for hydroxylation is 2. The molecule has 0 atom stereocenters. The predicted octanol–water partition coefficient (Wildman–Crippen LogP) is 1.48. The van der Waals surface area contributed by atoms with Gasteiger partial charge in [-0.3, -0.25) is 4.79 Å². The van der Waals surface area contributed by atoms with E-state index in [1.165, 1.54) is 19.4 Å². The molecular formula is C15H13NO5. The average molecular weight is 287 g/mol. The predicted molar refractivity (Wildman–Crippen MR) is 75.0 cm³/mol. The minimum Gasteiger partial charge on any atom is -0.504 e. The van der Waals surface area contributed by atoms with Crippen molar-refractivity contribution in [2.75, 3.05) is 7.11 Å². The Balaban J connectivity index is 2.24. The van der Waals surface area contributed by atoms with Gasteiger partial charge in [0.25, 0.3) is 0 Å². The number of rotatable bonds is 2. The molecule has 1 aliphatic heterocycles. The lowest BCUT2D eigenvalue weighted by Gasteiger charge is -2.23. The summed E-state index contributed by atoms with van der Waals surface area (Å²) in [7, 11) is 1.47. The summed E-state index contributed by atoms with van der Waals surface area (Å²) >= 11 is 0. The molecule has 2 aromatic rings. The summed E-state index contributed by atoms with van der Waals surface area (Å²) in [5.41, 5.74) is 1.47. The van der Waals surface area contributed by atoms with Gasteiger partial charge in [0, 0.05) is 24.4 Å². The third-order valence-electron chi connectivity index (χ3n) is 3.66. The van der Waals surface area contributed by atoms with Crippen LogP contribution in [0.15, 0.2) is 29.2 Å². The van der Waals surface area contributed by atoms with Gasteiger partial charge in [-0.15, -0.1) is 0 Å². The first-order chi connectivity index (χ1) is 10.0. The molecule has 108 valence electrons. The van der Waals surface area contributed by atoms with Crippen LogP contribution < -0.4 is 10.2 Å². The normalized spacial score (nSPS) is 12.4. The van der Waals surface area contributed by atoms with E-state index in [1.54, 1.807) is 16.7 Å². The fourth-order valence-electron chi connectivity index (χ4n) is 2.61. The number of carbonyl (C=O) groups is 1. The smallest absolute Gasteiger partial charge is 0.341 e. The van der Waals surface area contributed by atoms with Crippen LogP contribution in [0.5, 0.6) is 11.5 Å². The molecule has 0 bridgehead atoms. The number of phenols is 1. The van der Waals surface area contributed by atoms with Crippen LogP contribution in [-0.2, 0) is 13.0 Å². The molecular weight excluding hydrogens is 274 g/mol. The summed E-state index contributed by atoms with van der Waals surface area (Å²) < 4.78 is 6.80. The highest BCUT2D eigenvalue weighted by Crippen LogP contribution is 2.37. The molecule has 2 heterocycles. The zero-order valence-corrected chi connectivity index (χ0v) is 11.3. The van der Waals surface area contributed by atoms with Crippen molar-refractivity contribution >= 4 is 5.97 Å². The molecule has 0 saturated heterocycles. The van der Waals surface area contributed by atoms with Crippen LogP contribution in [0.25, 0.3) is 11.3 Å². The molecule has 1 aromatic carbocycles. The topological polar surface area (TPSA) is 88.8 Å². The molecule has 21 heavy (non-hydrogen) atoms. The highest BCUT2D eigenvalue weighted by atomic mass is 16.5. The number of benzene rings is 1. The second kappa shape index (κ2) is 4.66. The standard InChI is InChI=1S/C15H13NO5/c1-21-14-4-8-2-3-16-7-10(15(19)20)12(17)6-11(16)9(8)5-13(14)18/h4-7,18H,2-3H2,1H3,(H,19,20). The number of fused-ring (bicyclic) bond motifs is 3. The highest BCUT2D eigenvalue weighted by molar-refractivity contribution is 5.87. The summed E-state index contributed by atoms with van der Waals surface area (Å²) in [6.45, 7) is 0.566. The molecule has 0 saturated carbocycles. The molecule has 1 aliphatic rings. The molecule has 6 nitrogen and oxygen atoms in total. The van der Waals surface area contributed by atoms with E-state index in [2.05, 4.69) is 0 Å². The van der Waals surface area contributed by atoms with Crippen molar-refractivity contribution in [2.24, 2.45) is 0 Å². The number of hydrogen-bond donors (Lipinski definition) is 2. The number of nitrogens with zero attached hydrogens (tertiary/aromatic N) is 1. The molecule has 3 rings (SSSR count). The van der Waals surface area contributed by atoms with Crippen LogP contribution in [-0.4, -0.2) is 27.9 Å². The fourth-order valence-corrected chi connectivity index (χ4v) is 2.61.